The highest BCUT2D eigenvalue weighted by molar-refractivity contribution is 6.30. The van der Waals surface area contributed by atoms with Crippen molar-refractivity contribution < 1.29 is 14.9 Å². The van der Waals surface area contributed by atoms with Crippen LogP contribution >= 0.6 is 11.6 Å². The summed E-state index contributed by atoms with van der Waals surface area (Å²) >= 11 is 5.96. The third kappa shape index (κ3) is 5.04. The highest BCUT2D eigenvalue weighted by Gasteiger charge is 2.25. The SMILES string of the molecule is C[C@@H]1CN(c2ccc(Cl)cc2)CCN1C[C@H](O)COc1ccc(O)cc1. The molecule has 5 nitrogen and oxygen atoms in total. The highest BCUT2D eigenvalue weighted by Crippen LogP contribution is 2.22. The zero-order valence-corrected chi connectivity index (χ0v) is 15.6. The summed E-state index contributed by atoms with van der Waals surface area (Å²) in [6, 6.07) is 14.8. The van der Waals surface area contributed by atoms with E-state index >= 15 is 0 Å². The lowest BCUT2D eigenvalue weighted by Crippen LogP contribution is -2.54. The van der Waals surface area contributed by atoms with E-state index in [1.54, 1.807) is 24.3 Å². The van der Waals surface area contributed by atoms with E-state index in [0.29, 0.717) is 18.3 Å². The summed E-state index contributed by atoms with van der Waals surface area (Å²) in [4.78, 5) is 4.63. The molecule has 0 amide bonds. The second-order valence-corrected chi connectivity index (χ2v) is 7.16. The first-order valence-electron chi connectivity index (χ1n) is 8.86. The molecule has 2 aromatic carbocycles. The van der Waals surface area contributed by atoms with Gasteiger partial charge in [0, 0.05) is 42.9 Å². The minimum Gasteiger partial charge on any atom is -0.508 e. The summed E-state index contributed by atoms with van der Waals surface area (Å²) in [6.45, 7) is 5.70. The molecule has 0 spiro atoms. The summed E-state index contributed by atoms with van der Waals surface area (Å²) in [5.41, 5.74) is 1.18. The first-order chi connectivity index (χ1) is 12.5. The van der Waals surface area contributed by atoms with Gasteiger partial charge >= 0.3 is 0 Å². The number of anilines is 1. The van der Waals surface area contributed by atoms with Gasteiger partial charge in [0.15, 0.2) is 0 Å². The summed E-state index contributed by atoms with van der Waals surface area (Å²) in [5.74, 6) is 0.840. The number of halogens is 1. The van der Waals surface area contributed by atoms with Crippen molar-refractivity contribution in [2.24, 2.45) is 0 Å². The number of aromatic hydroxyl groups is 1. The molecule has 2 aromatic rings. The van der Waals surface area contributed by atoms with Gasteiger partial charge in [0.25, 0.3) is 0 Å². The summed E-state index contributed by atoms with van der Waals surface area (Å²) in [6.07, 6.45) is -0.562. The van der Waals surface area contributed by atoms with Crippen LogP contribution < -0.4 is 9.64 Å². The molecule has 0 unspecified atom stereocenters. The lowest BCUT2D eigenvalue weighted by atomic mass is 10.1. The fourth-order valence-corrected chi connectivity index (χ4v) is 3.34. The number of piperazine rings is 1. The van der Waals surface area contributed by atoms with Gasteiger partial charge in [0.1, 0.15) is 24.2 Å². The lowest BCUT2D eigenvalue weighted by molar-refractivity contribution is 0.0512. The van der Waals surface area contributed by atoms with Gasteiger partial charge in [-0.3, -0.25) is 4.90 Å². The molecule has 0 aromatic heterocycles. The van der Waals surface area contributed by atoms with E-state index in [2.05, 4.69) is 16.7 Å². The number of aliphatic hydroxyl groups is 1. The van der Waals surface area contributed by atoms with Crippen LogP contribution in [0, 0.1) is 0 Å². The molecule has 2 atom stereocenters. The standard InChI is InChI=1S/C20H25ClN2O3/c1-15-12-23(17-4-2-16(21)3-5-17)11-10-22(15)13-19(25)14-26-20-8-6-18(24)7-9-20/h2-9,15,19,24-25H,10-14H2,1H3/t15-,19+/m1/s1. The Morgan fingerprint density at radius 2 is 1.81 bits per heavy atom. The molecule has 1 aliphatic rings. The average molecular weight is 377 g/mol. The molecule has 1 saturated heterocycles. The maximum atomic E-state index is 10.3. The van der Waals surface area contributed by atoms with Gasteiger partial charge in [-0.15, -0.1) is 0 Å². The van der Waals surface area contributed by atoms with Crippen molar-refractivity contribution in [2.75, 3.05) is 37.7 Å². The normalized spacial score (nSPS) is 19.3. The molecule has 0 aliphatic carbocycles. The summed E-state index contributed by atoms with van der Waals surface area (Å²) in [7, 11) is 0. The second kappa shape index (κ2) is 8.62. The molecule has 1 aliphatic heterocycles. The number of phenols is 1. The summed E-state index contributed by atoms with van der Waals surface area (Å²) in [5, 5.41) is 20.3. The van der Waals surface area contributed by atoms with Gasteiger partial charge in [-0.1, -0.05) is 11.6 Å². The van der Waals surface area contributed by atoms with Crippen LogP contribution in [-0.4, -0.2) is 60.0 Å². The van der Waals surface area contributed by atoms with Gasteiger partial charge < -0.3 is 19.8 Å². The Kier molecular flexibility index (Phi) is 6.25. The monoisotopic (exact) mass is 376 g/mol. The van der Waals surface area contributed by atoms with E-state index in [-0.39, 0.29) is 12.4 Å². The average Bonchev–Trinajstić information content (AvgIpc) is 2.63. The molecule has 6 heteroatoms. The molecule has 1 fully saturated rings. The first kappa shape index (κ1) is 18.8. The summed E-state index contributed by atoms with van der Waals surface area (Å²) < 4.78 is 5.59. The Morgan fingerprint density at radius 1 is 1.12 bits per heavy atom. The van der Waals surface area contributed by atoms with Crippen molar-refractivity contribution in [3.8, 4) is 11.5 Å². The fourth-order valence-electron chi connectivity index (χ4n) is 3.21. The van der Waals surface area contributed by atoms with E-state index in [0.717, 1.165) is 24.7 Å². The maximum Gasteiger partial charge on any atom is 0.119 e. The molecule has 0 saturated carbocycles. The van der Waals surface area contributed by atoms with Gasteiger partial charge in [0.2, 0.25) is 0 Å². The Hall–Kier alpha value is -1.95. The maximum absolute atomic E-state index is 10.3. The van der Waals surface area contributed by atoms with Crippen molar-refractivity contribution in [2.45, 2.75) is 19.1 Å². The smallest absolute Gasteiger partial charge is 0.119 e. The predicted molar refractivity (Wildman–Crippen MR) is 104 cm³/mol. The minimum atomic E-state index is -0.562. The number of benzene rings is 2. The van der Waals surface area contributed by atoms with Crippen molar-refractivity contribution >= 4 is 17.3 Å². The van der Waals surface area contributed by atoms with Gasteiger partial charge in [0.05, 0.1) is 0 Å². The molecule has 0 bridgehead atoms. The quantitative estimate of drug-likeness (QED) is 0.811. The van der Waals surface area contributed by atoms with Crippen LogP contribution in [0.2, 0.25) is 5.02 Å². The van der Waals surface area contributed by atoms with E-state index in [4.69, 9.17) is 16.3 Å². The third-order valence-corrected chi connectivity index (χ3v) is 4.93. The molecule has 3 rings (SSSR count). The van der Waals surface area contributed by atoms with Crippen LogP contribution in [0.1, 0.15) is 6.92 Å². The van der Waals surface area contributed by atoms with E-state index in [9.17, 15) is 10.2 Å². The predicted octanol–water partition coefficient (Wildman–Crippen LogP) is 3.00. The fraction of sp³-hybridized carbons (Fsp3) is 0.400. The third-order valence-electron chi connectivity index (χ3n) is 4.68. The van der Waals surface area contributed by atoms with E-state index in [1.165, 1.54) is 5.69 Å². The second-order valence-electron chi connectivity index (χ2n) is 6.73. The van der Waals surface area contributed by atoms with Crippen LogP contribution in [-0.2, 0) is 0 Å². The number of rotatable bonds is 6. The van der Waals surface area contributed by atoms with Crippen LogP contribution in [0.5, 0.6) is 11.5 Å². The van der Waals surface area contributed by atoms with Crippen LogP contribution in [0.3, 0.4) is 0 Å². The Balaban J connectivity index is 1.46. The number of hydrogen-bond acceptors (Lipinski definition) is 5. The molecule has 0 radical (unpaired) electrons. The van der Waals surface area contributed by atoms with Crippen LogP contribution in [0.15, 0.2) is 48.5 Å². The first-order valence-corrected chi connectivity index (χ1v) is 9.23. The molecule has 2 N–H and O–H groups in total. The number of aliphatic hydroxyl groups excluding tert-OH is 1. The van der Waals surface area contributed by atoms with Gasteiger partial charge in [-0.05, 0) is 55.5 Å². The Morgan fingerprint density at radius 3 is 2.46 bits per heavy atom. The number of ether oxygens (including phenoxy) is 1. The number of hydrogen-bond donors (Lipinski definition) is 2. The molecular formula is C20H25ClN2O3. The van der Waals surface area contributed by atoms with Crippen molar-refractivity contribution in [3.63, 3.8) is 0 Å². The molecule has 140 valence electrons. The van der Waals surface area contributed by atoms with Crippen molar-refractivity contribution in [1.82, 2.24) is 4.90 Å². The Bertz CT molecular complexity index is 693. The van der Waals surface area contributed by atoms with Gasteiger partial charge in [-0.25, -0.2) is 0 Å². The number of phenolic OH excluding ortho intramolecular Hbond substituents is 1. The zero-order chi connectivity index (χ0) is 18.5. The zero-order valence-electron chi connectivity index (χ0n) is 14.9. The van der Waals surface area contributed by atoms with Crippen LogP contribution in [0.4, 0.5) is 5.69 Å². The lowest BCUT2D eigenvalue weighted by Gasteiger charge is -2.41. The van der Waals surface area contributed by atoms with E-state index in [1.807, 2.05) is 24.3 Å². The largest absolute Gasteiger partial charge is 0.508 e. The minimum absolute atomic E-state index is 0.199. The topological polar surface area (TPSA) is 56.2 Å². The van der Waals surface area contributed by atoms with Gasteiger partial charge in [-0.2, -0.15) is 0 Å². The van der Waals surface area contributed by atoms with E-state index < -0.39 is 6.10 Å². The Labute approximate surface area is 159 Å². The molecule has 1 heterocycles. The van der Waals surface area contributed by atoms with Crippen molar-refractivity contribution in [3.05, 3.63) is 53.6 Å². The molecular weight excluding hydrogens is 352 g/mol. The number of β-amino-alcohol motifs (C(OH)–C–C–N with tert-alkyl or cyclic N) is 1. The molecule has 26 heavy (non-hydrogen) atoms. The van der Waals surface area contributed by atoms with Crippen LogP contribution in [0.25, 0.3) is 0 Å². The highest BCUT2D eigenvalue weighted by atomic mass is 35.5. The van der Waals surface area contributed by atoms with Crippen molar-refractivity contribution in [1.29, 1.82) is 0 Å². The number of nitrogens with zero attached hydrogens (tertiary/aromatic N) is 2.